The molecule has 0 spiro atoms. The number of hydrogen-bond donors (Lipinski definition) is 1. The standard InChI is InChI=1S/C13H21N3OS/c1-10-8-12(16-11(2)15-10)14-9-13(18-3)4-6-17-7-5-13/h8H,4-7,9H2,1-3H3,(H,14,15,16). The molecule has 5 heteroatoms. The van der Waals surface area contributed by atoms with Gasteiger partial charge in [-0.05, 0) is 32.9 Å². The SMILES string of the molecule is CSC1(CNc2cc(C)nc(C)n2)CCOCC1. The van der Waals surface area contributed by atoms with Gasteiger partial charge in [0.15, 0.2) is 0 Å². The number of anilines is 1. The molecule has 1 aliphatic heterocycles. The van der Waals surface area contributed by atoms with Crippen molar-refractivity contribution in [1.82, 2.24) is 9.97 Å². The number of thioether (sulfide) groups is 1. The van der Waals surface area contributed by atoms with Crippen LogP contribution in [0.5, 0.6) is 0 Å². The molecule has 0 bridgehead atoms. The summed E-state index contributed by atoms with van der Waals surface area (Å²) in [4.78, 5) is 8.71. The van der Waals surface area contributed by atoms with Crippen molar-refractivity contribution in [3.63, 3.8) is 0 Å². The largest absolute Gasteiger partial charge is 0.381 e. The Kier molecular flexibility index (Phi) is 4.45. The monoisotopic (exact) mass is 267 g/mol. The maximum Gasteiger partial charge on any atom is 0.129 e. The first kappa shape index (κ1) is 13.6. The van der Waals surface area contributed by atoms with Gasteiger partial charge in [-0.1, -0.05) is 0 Å². The highest BCUT2D eigenvalue weighted by Gasteiger charge is 2.31. The summed E-state index contributed by atoms with van der Waals surface area (Å²) in [7, 11) is 0. The van der Waals surface area contributed by atoms with E-state index in [4.69, 9.17) is 4.74 Å². The van der Waals surface area contributed by atoms with E-state index in [9.17, 15) is 0 Å². The molecule has 1 fully saturated rings. The maximum absolute atomic E-state index is 5.45. The fourth-order valence-electron chi connectivity index (χ4n) is 2.26. The third kappa shape index (κ3) is 3.36. The molecule has 0 amide bonds. The van der Waals surface area contributed by atoms with Crippen molar-refractivity contribution in [3.8, 4) is 0 Å². The highest BCUT2D eigenvalue weighted by Crippen LogP contribution is 2.33. The van der Waals surface area contributed by atoms with Gasteiger partial charge in [-0.3, -0.25) is 0 Å². The average molecular weight is 267 g/mol. The van der Waals surface area contributed by atoms with Gasteiger partial charge in [-0.25, -0.2) is 9.97 Å². The van der Waals surface area contributed by atoms with E-state index in [1.54, 1.807) is 0 Å². The summed E-state index contributed by atoms with van der Waals surface area (Å²) in [6.45, 7) is 6.59. The third-order valence-corrected chi connectivity index (χ3v) is 4.81. The number of nitrogens with one attached hydrogen (secondary N) is 1. The molecule has 0 atom stereocenters. The Labute approximate surface area is 113 Å². The van der Waals surface area contributed by atoms with Crippen molar-refractivity contribution >= 4 is 17.6 Å². The summed E-state index contributed by atoms with van der Waals surface area (Å²) in [6, 6.07) is 2.00. The van der Waals surface area contributed by atoms with E-state index in [1.165, 1.54) is 0 Å². The van der Waals surface area contributed by atoms with Gasteiger partial charge >= 0.3 is 0 Å². The molecular weight excluding hydrogens is 246 g/mol. The second kappa shape index (κ2) is 5.89. The lowest BCUT2D eigenvalue weighted by Gasteiger charge is -2.35. The number of rotatable bonds is 4. The Morgan fingerprint density at radius 1 is 1.33 bits per heavy atom. The van der Waals surface area contributed by atoms with Gasteiger partial charge in [0.05, 0.1) is 0 Å². The van der Waals surface area contributed by atoms with Crippen molar-refractivity contribution in [2.24, 2.45) is 0 Å². The summed E-state index contributed by atoms with van der Waals surface area (Å²) in [6.07, 6.45) is 4.39. The topological polar surface area (TPSA) is 47.0 Å². The summed E-state index contributed by atoms with van der Waals surface area (Å²) in [5.74, 6) is 1.75. The maximum atomic E-state index is 5.45. The van der Waals surface area contributed by atoms with Crippen LogP contribution in [0.4, 0.5) is 5.82 Å². The second-order valence-corrected chi connectivity index (χ2v) is 6.07. The fraction of sp³-hybridized carbons (Fsp3) is 0.692. The summed E-state index contributed by atoms with van der Waals surface area (Å²) >= 11 is 1.93. The molecule has 0 radical (unpaired) electrons. The normalized spacial score (nSPS) is 18.6. The van der Waals surface area contributed by atoms with Crippen LogP contribution in [-0.4, -0.2) is 40.7 Å². The predicted octanol–water partition coefficient (Wildman–Crippen LogP) is 2.42. The molecule has 1 aromatic heterocycles. The van der Waals surface area contributed by atoms with Crippen LogP contribution in [-0.2, 0) is 4.74 Å². The van der Waals surface area contributed by atoms with Crippen molar-refractivity contribution in [3.05, 3.63) is 17.6 Å². The van der Waals surface area contributed by atoms with Crippen LogP contribution in [0, 0.1) is 13.8 Å². The van der Waals surface area contributed by atoms with E-state index in [0.717, 1.165) is 49.9 Å². The molecule has 2 heterocycles. The lowest BCUT2D eigenvalue weighted by molar-refractivity contribution is 0.0802. The van der Waals surface area contributed by atoms with Crippen molar-refractivity contribution < 1.29 is 4.74 Å². The van der Waals surface area contributed by atoms with E-state index in [1.807, 2.05) is 31.7 Å². The van der Waals surface area contributed by atoms with Crippen LogP contribution < -0.4 is 5.32 Å². The lowest BCUT2D eigenvalue weighted by atomic mass is 9.99. The number of aryl methyl sites for hydroxylation is 2. The number of ether oxygens (including phenoxy) is 1. The lowest BCUT2D eigenvalue weighted by Crippen LogP contribution is -2.39. The van der Waals surface area contributed by atoms with Gasteiger partial charge in [0, 0.05) is 36.3 Å². The van der Waals surface area contributed by atoms with Crippen molar-refractivity contribution in [2.75, 3.05) is 31.3 Å². The van der Waals surface area contributed by atoms with Crippen molar-refractivity contribution in [2.45, 2.75) is 31.4 Å². The first-order valence-electron chi connectivity index (χ1n) is 6.33. The van der Waals surface area contributed by atoms with E-state index in [0.29, 0.717) is 0 Å². The Hall–Kier alpha value is -0.810. The van der Waals surface area contributed by atoms with E-state index in [-0.39, 0.29) is 4.75 Å². The van der Waals surface area contributed by atoms with E-state index < -0.39 is 0 Å². The predicted molar refractivity (Wildman–Crippen MR) is 76.3 cm³/mol. The first-order valence-corrected chi connectivity index (χ1v) is 7.55. The zero-order valence-electron chi connectivity index (χ0n) is 11.3. The highest BCUT2D eigenvalue weighted by molar-refractivity contribution is 8.00. The number of aromatic nitrogens is 2. The molecule has 0 unspecified atom stereocenters. The average Bonchev–Trinajstić information content (AvgIpc) is 2.36. The van der Waals surface area contributed by atoms with Gasteiger partial charge in [0.25, 0.3) is 0 Å². The van der Waals surface area contributed by atoms with Crippen LogP contribution in [0.2, 0.25) is 0 Å². The van der Waals surface area contributed by atoms with Gasteiger partial charge in [0.1, 0.15) is 11.6 Å². The molecule has 1 N–H and O–H groups in total. The third-order valence-electron chi connectivity index (χ3n) is 3.39. The number of nitrogens with zero attached hydrogens (tertiary/aromatic N) is 2. The summed E-state index contributed by atoms with van der Waals surface area (Å²) < 4.78 is 5.73. The molecule has 18 heavy (non-hydrogen) atoms. The van der Waals surface area contributed by atoms with Crippen LogP contribution in [0.15, 0.2) is 6.07 Å². The molecule has 0 aromatic carbocycles. The Morgan fingerprint density at radius 2 is 2.06 bits per heavy atom. The first-order chi connectivity index (χ1) is 8.63. The Balaban J connectivity index is 2.00. The van der Waals surface area contributed by atoms with Crippen LogP contribution in [0.1, 0.15) is 24.4 Å². The summed E-state index contributed by atoms with van der Waals surface area (Å²) in [5.41, 5.74) is 1.01. The van der Waals surface area contributed by atoms with Crippen molar-refractivity contribution in [1.29, 1.82) is 0 Å². The molecule has 1 aliphatic rings. The van der Waals surface area contributed by atoms with Gasteiger partial charge in [-0.2, -0.15) is 11.8 Å². The molecule has 0 saturated carbocycles. The molecular formula is C13H21N3OS. The Bertz CT molecular complexity index is 385. The van der Waals surface area contributed by atoms with Gasteiger partial charge < -0.3 is 10.1 Å². The Morgan fingerprint density at radius 3 is 2.67 bits per heavy atom. The molecule has 2 rings (SSSR count). The molecule has 0 aliphatic carbocycles. The van der Waals surface area contributed by atoms with Gasteiger partial charge in [0.2, 0.25) is 0 Å². The van der Waals surface area contributed by atoms with Crippen LogP contribution >= 0.6 is 11.8 Å². The molecule has 1 saturated heterocycles. The van der Waals surface area contributed by atoms with Gasteiger partial charge in [-0.15, -0.1) is 0 Å². The highest BCUT2D eigenvalue weighted by atomic mass is 32.2. The molecule has 100 valence electrons. The minimum atomic E-state index is 0.283. The minimum absolute atomic E-state index is 0.283. The smallest absolute Gasteiger partial charge is 0.129 e. The quantitative estimate of drug-likeness (QED) is 0.908. The molecule has 1 aromatic rings. The van der Waals surface area contributed by atoms with E-state index in [2.05, 4.69) is 21.5 Å². The fourth-order valence-corrected chi connectivity index (χ4v) is 3.05. The zero-order valence-corrected chi connectivity index (χ0v) is 12.1. The summed E-state index contributed by atoms with van der Waals surface area (Å²) in [5, 5.41) is 3.46. The van der Waals surface area contributed by atoms with Crippen LogP contribution in [0.3, 0.4) is 0 Å². The molecule has 4 nitrogen and oxygen atoms in total. The minimum Gasteiger partial charge on any atom is -0.381 e. The zero-order chi connectivity index (χ0) is 13.0. The second-order valence-electron chi connectivity index (χ2n) is 4.79. The van der Waals surface area contributed by atoms with E-state index >= 15 is 0 Å². The number of hydrogen-bond acceptors (Lipinski definition) is 5. The van der Waals surface area contributed by atoms with Crippen LogP contribution in [0.25, 0.3) is 0 Å².